The van der Waals surface area contributed by atoms with E-state index in [0.717, 1.165) is 24.0 Å². The number of thiazole rings is 1. The Labute approximate surface area is 207 Å². The number of aromatic nitrogens is 1. The number of phenols is 1. The number of carbonyl (C=O) groups excluding carboxylic acids is 4. The molecule has 0 saturated carbocycles. The van der Waals surface area contributed by atoms with Crippen molar-refractivity contribution in [3.8, 4) is 5.75 Å². The number of aromatic hydroxyl groups is 1. The molecule has 1 aromatic heterocycles. The van der Waals surface area contributed by atoms with Crippen molar-refractivity contribution in [2.45, 2.75) is 52.2 Å². The standard InChI is InChI=1S/C23H30N4O7S/c1-13-18(19(30)26-16(20(31)33-5)12-24-22(32)34-23(2,3)4)35-21(25-13)27-17(29)10-9-14-7-6-8-15(28)11-14/h6-8,11,16,28H,9-10,12H2,1-5H3,(H,24,32)(H,26,30)(H,25,27,29). The van der Waals surface area contributed by atoms with Gasteiger partial charge in [0.05, 0.1) is 19.3 Å². The van der Waals surface area contributed by atoms with Crippen molar-refractivity contribution >= 4 is 40.3 Å². The number of aryl methyl sites for hydroxylation is 2. The third-order valence-corrected chi connectivity index (χ3v) is 5.51. The highest BCUT2D eigenvalue weighted by atomic mass is 32.1. The smallest absolute Gasteiger partial charge is 0.407 e. The molecule has 0 aliphatic rings. The molecule has 3 amide bonds. The van der Waals surface area contributed by atoms with Crippen molar-refractivity contribution in [3.63, 3.8) is 0 Å². The average Bonchev–Trinajstić information content (AvgIpc) is 3.13. The zero-order chi connectivity index (χ0) is 26.2. The molecular formula is C23H30N4O7S. The number of nitrogens with one attached hydrogen (secondary N) is 3. The third kappa shape index (κ3) is 9.24. The van der Waals surface area contributed by atoms with E-state index in [-0.39, 0.29) is 34.6 Å². The largest absolute Gasteiger partial charge is 0.508 e. The molecule has 11 nitrogen and oxygen atoms in total. The molecule has 0 bridgehead atoms. The number of phenolic OH excluding ortho intramolecular Hbond substituents is 1. The first-order valence-corrected chi connectivity index (χ1v) is 11.6. The first-order valence-electron chi connectivity index (χ1n) is 10.8. The van der Waals surface area contributed by atoms with Crippen LogP contribution in [0.5, 0.6) is 5.75 Å². The molecule has 2 aromatic rings. The summed E-state index contributed by atoms with van der Waals surface area (Å²) in [5.41, 5.74) is 0.446. The molecule has 0 saturated heterocycles. The molecule has 1 heterocycles. The summed E-state index contributed by atoms with van der Waals surface area (Å²) in [7, 11) is 1.16. The van der Waals surface area contributed by atoms with Crippen LogP contribution in [0.3, 0.4) is 0 Å². The number of hydrogen-bond acceptors (Lipinski definition) is 9. The molecule has 1 atom stereocenters. The minimum atomic E-state index is -1.16. The highest BCUT2D eigenvalue weighted by molar-refractivity contribution is 7.17. The first-order chi connectivity index (χ1) is 16.4. The zero-order valence-corrected chi connectivity index (χ0v) is 21.1. The lowest BCUT2D eigenvalue weighted by Gasteiger charge is -2.21. The van der Waals surface area contributed by atoms with Gasteiger partial charge in [-0.05, 0) is 51.8 Å². The summed E-state index contributed by atoms with van der Waals surface area (Å²) in [5, 5.41) is 17.3. The number of hydrogen-bond donors (Lipinski definition) is 4. The van der Waals surface area contributed by atoms with E-state index >= 15 is 0 Å². The summed E-state index contributed by atoms with van der Waals surface area (Å²) < 4.78 is 9.84. The number of ether oxygens (including phenoxy) is 2. The molecule has 2 rings (SSSR count). The van der Waals surface area contributed by atoms with Crippen molar-refractivity contribution in [1.82, 2.24) is 15.6 Å². The van der Waals surface area contributed by atoms with E-state index in [4.69, 9.17) is 9.47 Å². The third-order valence-electron chi connectivity index (χ3n) is 4.44. The second-order valence-corrected chi connectivity index (χ2v) is 9.58. The van der Waals surface area contributed by atoms with Gasteiger partial charge in [0.15, 0.2) is 5.13 Å². The first kappa shape index (κ1) is 27.6. The molecule has 0 aliphatic heterocycles. The highest BCUT2D eigenvalue weighted by Crippen LogP contribution is 2.23. The van der Waals surface area contributed by atoms with E-state index in [9.17, 15) is 24.3 Å². The predicted molar refractivity (Wildman–Crippen MR) is 129 cm³/mol. The molecule has 1 aromatic carbocycles. The molecular weight excluding hydrogens is 476 g/mol. The zero-order valence-electron chi connectivity index (χ0n) is 20.3. The number of anilines is 1. The van der Waals surface area contributed by atoms with Gasteiger partial charge in [-0.15, -0.1) is 0 Å². The topological polar surface area (TPSA) is 156 Å². The molecule has 0 aliphatic carbocycles. The van der Waals surface area contributed by atoms with Gasteiger partial charge in [-0.2, -0.15) is 0 Å². The minimum absolute atomic E-state index is 0.126. The van der Waals surface area contributed by atoms with E-state index in [1.54, 1.807) is 52.0 Å². The van der Waals surface area contributed by atoms with Crippen LogP contribution in [0.25, 0.3) is 0 Å². The van der Waals surface area contributed by atoms with Crippen LogP contribution in [-0.2, 0) is 25.5 Å². The molecule has 4 N–H and O–H groups in total. The van der Waals surface area contributed by atoms with Crippen LogP contribution >= 0.6 is 11.3 Å². The van der Waals surface area contributed by atoms with Crippen LogP contribution in [0.1, 0.15) is 48.1 Å². The van der Waals surface area contributed by atoms with Crippen molar-refractivity contribution in [3.05, 3.63) is 40.4 Å². The molecule has 0 spiro atoms. The summed E-state index contributed by atoms with van der Waals surface area (Å²) in [6, 6.07) is 5.47. The number of rotatable bonds is 9. The van der Waals surface area contributed by atoms with Crippen LogP contribution in [0, 0.1) is 6.92 Å². The normalized spacial score (nSPS) is 11.8. The van der Waals surface area contributed by atoms with Crippen LogP contribution < -0.4 is 16.0 Å². The van der Waals surface area contributed by atoms with Crippen LogP contribution in [0.4, 0.5) is 9.93 Å². The lowest BCUT2D eigenvalue weighted by molar-refractivity contribution is -0.142. The fourth-order valence-corrected chi connectivity index (χ4v) is 3.76. The summed E-state index contributed by atoms with van der Waals surface area (Å²) in [5.74, 6) is -1.54. The second kappa shape index (κ2) is 12.2. The Morgan fingerprint density at radius 3 is 2.54 bits per heavy atom. The van der Waals surface area contributed by atoms with Gasteiger partial charge >= 0.3 is 12.1 Å². The number of benzene rings is 1. The van der Waals surface area contributed by atoms with E-state index in [1.165, 1.54) is 0 Å². The van der Waals surface area contributed by atoms with Gasteiger partial charge in [0.25, 0.3) is 5.91 Å². The molecule has 0 fully saturated rings. The van der Waals surface area contributed by atoms with Crippen molar-refractivity contribution in [1.29, 1.82) is 0 Å². The lowest BCUT2D eigenvalue weighted by Crippen LogP contribution is -2.49. The molecule has 35 heavy (non-hydrogen) atoms. The van der Waals surface area contributed by atoms with Gasteiger partial charge in [0.1, 0.15) is 22.3 Å². The van der Waals surface area contributed by atoms with Gasteiger partial charge in [0.2, 0.25) is 5.91 Å². The molecule has 1 unspecified atom stereocenters. The Balaban J connectivity index is 1.97. The Hall–Kier alpha value is -3.67. The summed E-state index contributed by atoms with van der Waals surface area (Å²) in [6.45, 7) is 6.44. The van der Waals surface area contributed by atoms with Gasteiger partial charge in [-0.25, -0.2) is 14.6 Å². The van der Waals surface area contributed by atoms with Gasteiger partial charge in [0, 0.05) is 6.42 Å². The molecule has 190 valence electrons. The number of amides is 3. The summed E-state index contributed by atoms with van der Waals surface area (Å²) in [6.07, 6.45) is -0.168. The van der Waals surface area contributed by atoms with E-state index in [2.05, 4.69) is 20.9 Å². The van der Waals surface area contributed by atoms with Crippen molar-refractivity contribution in [2.75, 3.05) is 19.0 Å². The number of methoxy groups -OCH3 is 1. The van der Waals surface area contributed by atoms with Crippen LogP contribution in [0.15, 0.2) is 24.3 Å². The van der Waals surface area contributed by atoms with E-state index in [0.29, 0.717) is 12.1 Å². The Morgan fingerprint density at radius 2 is 1.91 bits per heavy atom. The van der Waals surface area contributed by atoms with Crippen LogP contribution in [0.2, 0.25) is 0 Å². The van der Waals surface area contributed by atoms with E-state index < -0.39 is 29.6 Å². The highest BCUT2D eigenvalue weighted by Gasteiger charge is 2.26. The SMILES string of the molecule is COC(=O)C(CNC(=O)OC(C)(C)C)NC(=O)c1sc(NC(=O)CCc2cccc(O)c2)nc1C. The number of esters is 1. The molecule has 0 radical (unpaired) electrons. The minimum Gasteiger partial charge on any atom is -0.508 e. The molecule has 12 heteroatoms. The maximum Gasteiger partial charge on any atom is 0.407 e. The Morgan fingerprint density at radius 1 is 1.20 bits per heavy atom. The average molecular weight is 507 g/mol. The van der Waals surface area contributed by atoms with Gasteiger partial charge in [-0.3, -0.25) is 9.59 Å². The summed E-state index contributed by atoms with van der Waals surface area (Å²) >= 11 is 0.954. The quantitative estimate of drug-likeness (QED) is 0.378. The Bertz CT molecular complexity index is 1080. The van der Waals surface area contributed by atoms with Crippen LogP contribution in [-0.4, -0.2) is 59.3 Å². The van der Waals surface area contributed by atoms with Crippen molar-refractivity contribution in [2.24, 2.45) is 0 Å². The van der Waals surface area contributed by atoms with Crippen molar-refractivity contribution < 1.29 is 33.8 Å². The van der Waals surface area contributed by atoms with Gasteiger partial charge in [-0.1, -0.05) is 23.5 Å². The lowest BCUT2D eigenvalue weighted by atomic mass is 10.1. The summed E-state index contributed by atoms with van der Waals surface area (Å²) in [4.78, 5) is 53.5. The number of carbonyl (C=O) groups is 4. The Kier molecular flexibility index (Phi) is 9.58. The fraction of sp³-hybridized carbons (Fsp3) is 0.435. The second-order valence-electron chi connectivity index (χ2n) is 8.58. The number of nitrogens with zero attached hydrogens (tertiary/aromatic N) is 1. The van der Waals surface area contributed by atoms with Gasteiger partial charge < -0.3 is 30.5 Å². The monoisotopic (exact) mass is 506 g/mol. The number of alkyl carbamates (subject to hydrolysis) is 1. The maximum atomic E-state index is 12.8. The predicted octanol–water partition coefficient (Wildman–Crippen LogP) is 2.52. The maximum absolute atomic E-state index is 12.8. The van der Waals surface area contributed by atoms with E-state index in [1.807, 2.05) is 0 Å². The fourth-order valence-electron chi connectivity index (χ4n) is 2.87.